The number of rotatable bonds is 8. The van der Waals surface area contributed by atoms with Crippen molar-refractivity contribution in [3.8, 4) is 5.75 Å². The van der Waals surface area contributed by atoms with Gasteiger partial charge in [0.25, 0.3) is 0 Å². The van der Waals surface area contributed by atoms with Crippen LogP contribution < -0.4 is 10.1 Å². The quantitative estimate of drug-likeness (QED) is 0.731. The van der Waals surface area contributed by atoms with Crippen LogP contribution in [-0.4, -0.2) is 25.2 Å². The molecular formula is C13H19F2NOS. The molecule has 18 heavy (non-hydrogen) atoms. The maximum absolute atomic E-state index is 12.1. The summed E-state index contributed by atoms with van der Waals surface area (Å²) >= 11 is 1.82. The minimum Gasteiger partial charge on any atom is -0.435 e. The summed E-state index contributed by atoms with van der Waals surface area (Å²) in [6.45, 7) is 0.160. The number of alkyl halides is 2. The molecule has 1 aromatic rings. The molecule has 0 amide bonds. The van der Waals surface area contributed by atoms with E-state index < -0.39 is 6.61 Å². The van der Waals surface area contributed by atoms with Gasteiger partial charge in [-0.05, 0) is 49.6 Å². The van der Waals surface area contributed by atoms with Crippen LogP contribution in [0.3, 0.4) is 0 Å². The van der Waals surface area contributed by atoms with Crippen LogP contribution in [0.2, 0.25) is 0 Å². The lowest BCUT2D eigenvalue weighted by atomic mass is 10.1. The number of nitrogens with one attached hydrogen (secondary N) is 1. The molecule has 0 saturated heterocycles. The Morgan fingerprint density at radius 2 is 2.17 bits per heavy atom. The molecule has 0 fully saturated rings. The largest absolute Gasteiger partial charge is 0.435 e. The predicted molar refractivity (Wildman–Crippen MR) is 72.5 cm³/mol. The monoisotopic (exact) mass is 275 g/mol. The van der Waals surface area contributed by atoms with Crippen molar-refractivity contribution >= 4 is 11.8 Å². The summed E-state index contributed by atoms with van der Waals surface area (Å²) in [7, 11) is 0. The first-order valence-electron chi connectivity index (χ1n) is 5.90. The molecule has 1 unspecified atom stereocenters. The van der Waals surface area contributed by atoms with Gasteiger partial charge in [0, 0.05) is 6.04 Å². The van der Waals surface area contributed by atoms with Crippen LogP contribution in [0.1, 0.15) is 24.9 Å². The van der Waals surface area contributed by atoms with E-state index in [0.29, 0.717) is 0 Å². The lowest BCUT2D eigenvalue weighted by molar-refractivity contribution is -0.0499. The van der Waals surface area contributed by atoms with Crippen molar-refractivity contribution in [2.24, 2.45) is 0 Å². The molecule has 0 heterocycles. The van der Waals surface area contributed by atoms with Crippen LogP contribution >= 0.6 is 11.8 Å². The van der Waals surface area contributed by atoms with Crippen molar-refractivity contribution in [1.82, 2.24) is 5.32 Å². The second-order valence-electron chi connectivity index (χ2n) is 3.97. The molecule has 5 heteroatoms. The average molecular weight is 275 g/mol. The van der Waals surface area contributed by atoms with Crippen molar-refractivity contribution in [3.63, 3.8) is 0 Å². The van der Waals surface area contributed by atoms with Gasteiger partial charge in [-0.3, -0.25) is 0 Å². The lowest BCUT2D eigenvalue weighted by Gasteiger charge is -2.15. The van der Waals surface area contributed by atoms with Crippen molar-refractivity contribution in [2.45, 2.75) is 26.0 Å². The van der Waals surface area contributed by atoms with E-state index in [4.69, 9.17) is 0 Å². The van der Waals surface area contributed by atoms with Gasteiger partial charge >= 0.3 is 6.61 Å². The molecule has 0 aliphatic rings. The van der Waals surface area contributed by atoms with Crippen LogP contribution in [0.25, 0.3) is 0 Å². The van der Waals surface area contributed by atoms with E-state index in [0.717, 1.165) is 24.3 Å². The Balaban J connectivity index is 2.48. The Bertz CT molecular complexity index is 350. The Kier molecular flexibility index (Phi) is 7.05. The van der Waals surface area contributed by atoms with Crippen LogP contribution in [0.5, 0.6) is 5.75 Å². The maximum atomic E-state index is 12.1. The molecule has 102 valence electrons. The van der Waals surface area contributed by atoms with Gasteiger partial charge in [-0.1, -0.05) is 12.1 Å². The maximum Gasteiger partial charge on any atom is 0.387 e. The standard InChI is InChI=1S/C13H19F2NOS/c1-10(16-7-4-8-18-2)11-5-3-6-12(9-11)17-13(14)15/h3,5-6,9-10,13,16H,4,7-8H2,1-2H3. The van der Waals surface area contributed by atoms with Gasteiger partial charge in [0.1, 0.15) is 5.75 Å². The molecule has 0 aliphatic carbocycles. The number of halogens is 2. The third-order valence-electron chi connectivity index (χ3n) is 2.56. The second kappa shape index (κ2) is 8.32. The van der Waals surface area contributed by atoms with Crippen molar-refractivity contribution < 1.29 is 13.5 Å². The number of thioether (sulfide) groups is 1. The fourth-order valence-electron chi connectivity index (χ4n) is 1.61. The molecule has 1 N–H and O–H groups in total. The van der Waals surface area contributed by atoms with Crippen molar-refractivity contribution in [3.05, 3.63) is 29.8 Å². The van der Waals surface area contributed by atoms with Gasteiger partial charge in [-0.25, -0.2) is 0 Å². The first kappa shape index (κ1) is 15.2. The Hall–Kier alpha value is -0.810. The van der Waals surface area contributed by atoms with Gasteiger partial charge in [-0.2, -0.15) is 20.5 Å². The molecule has 0 bridgehead atoms. The Morgan fingerprint density at radius 3 is 2.83 bits per heavy atom. The molecule has 1 atom stereocenters. The summed E-state index contributed by atoms with van der Waals surface area (Å²) in [5.74, 6) is 1.33. The molecule has 0 saturated carbocycles. The summed E-state index contributed by atoms with van der Waals surface area (Å²) in [6.07, 6.45) is 3.17. The van der Waals surface area contributed by atoms with Crippen LogP contribution in [0.4, 0.5) is 8.78 Å². The zero-order valence-corrected chi connectivity index (χ0v) is 11.5. The fourth-order valence-corrected chi connectivity index (χ4v) is 2.05. The predicted octanol–water partition coefficient (Wildman–Crippen LogP) is 3.69. The van der Waals surface area contributed by atoms with Crippen molar-refractivity contribution in [2.75, 3.05) is 18.6 Å². The SMILES string of the molecule is CSCCCNC(C)c1cccc(OC(F)F)c1. The third-order valence-corrected chi connectivity index (χ3v) is 3.26. The van der Waals surface area contributed by atoms with E-state index in [1.54, 1.807) is 12.1 Å². The number of hydrogen-bond acceptors (Lipinski definition) is 3. The minimum absolute atomic E-state index is 0.132. The zero-order valence-electron chi connectivity index (χ0n) is 10.7. The molecule has 0 aromatic heterocycles. The molecular weight excluding hydrogens is 256 g/mol. The molecule has 1 aromatic carbocycles. The minimum atomic E-state index is -2.77. The Morgan fingerprint density at radius 1 is 1.39 bits per heavy atom. The first-order valence-corrected chi connectivity index (χ1v) is 7.30. The molecule has 0 aliphatic heterocycles. The number of benzene rings is 1. The summed E-state index contributed by atoms with van der Waals surface area (Å²) in [6, 6.07) is 6.96. The highest BCUT2D eigenvalue weighted by Crippen LogP contribution is 2.20. The van der Waals surface area contributed by atoms with Gasteiger partial charge in [0.15, 0.2) is 0 Å². The summed E-state index contributed by atoms with van der Waals surface area (Å²) in [4.78, 5) is 0. The average Bonchev–Trinajstić information content (AvgIpc) is 2.34. The fraction of sp³-hybridized carbons (Fsp3) is 0.538. The van der Waals surface area contributed by atoms with Crippen LogP contribution in [-0.2, 0) is 0 Å². The molecule has 0 radical (unpaired) electrons. The summed E-state index contributed by atoms with van der Waals surface area (Å²) in [5, 5.41) is 3.36. The van der Waals surface area contributed by atoms with Gasteiger partial charge in [0.05, 0.1) is 0 Å². The van der Waals surface area contributed by atoms with Crippen molar-refractivity contribution in [1.29, 1.82) is 0 Å². The van der Waals surface area contributed by atoms with E-state index in [1.165, 1.54) is 6.07 Å². The highest BCUT2D eigenvalue weighted by molar-refractivity contribution is 7.98. The molecule has 1 rings (SSSR count). The first-order chi connectivity index (χ1) is 8.63. The Labute approximate surface area is 111 Å². The lowest BCUT2D eigenvalue weighted by Crippen LogP contribution is -2.20. The highest BCUT2D eigenvalue weighted by Gasteiger charge is 2.08. The third kappa shape index (κ3) is 5.69. The van der Waals surface area contributed by atoms with Crippen LogP contribution in [0.15, 0.2) is 24.3 Å². The number of hydrogen-bond donors (Lipinski definition) is 1. The van der Waals surface area contributed by atoms with Gasteiger partial charge in [0.2, 0.25) is 0 Å². The molecule has 0 spiro atoms. The van der Waals surface area contributed by atoms with Gasteiger partial charge in [-0.15, -0.1) is 0 Å². The van der Waals surface area contributed by atoms with Crippen LogP contribution in [0, 0.1) is 0 Å². The van der Waals surface area contributed by atoms with E-state index in [2.05, 4.69) is 16.3 Å². The zero-order chi connectivity index (χ0) is 13.4. The van der Waals surface area contributed by atoms with Gasteiger partial charge < -0.3 is 10.1 Å². The van der Waals surface area contributed by atoms with E-state index in [-0.39, 0.29) is 11.8 Å². The second-order valence-corrected chi connectivity index (χ2v) is 4.96. The van der Waals surface area contributed by atoms with E-state index in [1.807, 2.05) is 24.8 Å². The van der Waals surface area contributed by atoms with E-state index in [9.17, 15) is 8.78 Å². The molecule has 2 nitrogen and oxygen atoms in total. The highest BCUT2D eigenvalue weighted by atomic mass is 32.2. The smallest absolute Gasteiger partial charge is 0.387 e. The summed E-state index contributed by atoms with van der Waals surface area (Å²) < 4.78 is 28.6. The number of ether oxygens (including phenoxy) is 1. The topological polar surface area (TPSA) is 21.3 Å². The summed E-state index contributed by atoms with van der Waals surface area (Å²) in [5.41, 5.74) is 0.956. The van der Waals surface area contributed by atoms with E-state index >= 15 is 0 Å². The normalized spacial score (nSPS) is 12.7.